The topological polar surface area (TPSA) is 32.3 Å². The van der Waals surface area contributed by atoms with Gasteiger partial charge in [0.25, 0.3) is 0 Å². The van der Waals surface area contributed by atoms with Crippen LogP contribution in [0.4, 0.5) is 36.3 Å². The summed E-state index contributed by atoms with van der Waals surface area (Å²) >= 11 is 6.06. The van der Waals surface area contributed by atoms with Crippen LogP contribution < -0.4 is 9.80 Å². The minimum Gasteiger partial charge on any atom is -0.328 e. The monoisotopic (exact) mass is 392 g/mol. The Labute approximate surface area is 159 Å². The maximum atomic E-state index is 13.5. The third-order valence-corrected chi connectivity index (χ3v) is 4.34. The lowest BCUT2D eigenvalue weighted by molar-refractivity contribution is -0.141. The van der Waals surface area contributed by atoms with Crippen LogP contribution in [0.2, 0.25) is 5.02 Å². The molecule has 27 heavy (non-hydrogen) atoms. The zero-order chi connectivity index (χ0) is 19.6. The van der Waals surface area contributed by atoms with Crippen molar-refractivity contribution in [3.63, 3.8) is 0 Å². The SMILES string of the molecule is CN(c1ccccc1)c1nc(N(C)c2ccccc2)c(Cl)c(C(F)(F)F)n1. The zero-order valence-electron chi connectivity index (χ0n) is 14.6. The van der Waals surface area contributed by atoms with Gasteiger partial charge in [0, 0.05) is 25.5 Å². The summed E-state index contributed by atoms with van der Waals surface area (Å²) in [5.41, 5.74) is 0.135. The molecule has 0 amide bonds. The first-order valence-electron chi connectivity index (χ1n) is 8.01. The predicted molar refractivity (Wildman–Crippen MR) is 101 cm³/mol. The van der Waals surface area contributed by atoms with E-state index in [9.17, 15) is 13.2 Å². The Morgan fingerprint density at radius 1 is 0.778 bits per heavy atom. The molecule has 3 rings (SSSR count). The summed E-state index contributed by atoms with van der Waals surface area (Å²) in [6.45, 7) is 0. The van der Waals surface area contributed by atoms with Crippen molar-refractivity contribution in [2.24, 2.45) is 0 Å². The molecule has 1 heterocycles. The highest BCUT2D eigenvalue weighted by molar-refractivity contribution is 6.33. The Morgan fingerprint density at radius 2 is 1.26 bits per heavy atom. The number of hydrogen-bond donors (Lipinski definition) is 0. The Kier molecular flexibility index (Phi) is 5.23. The Bertz CT molecular complexity index is 917. The largest absolute Gasteiger partial charge is 0.435 e. The fourth-order valence-corrected chi connectivity index (χ4v) is 2.84. The summed E-state index contributed by atoms with van der Waals surface area (Å²) in [7, 11) is 3.21. The molecule has 2 aromatic carbocycles. The molecule has 0 aliphatic heterocycles. The lowest BCUT2D eigenvalue weighted by Crippen LogP contribution is -2.21. The summed E-state index contributed by atoms with van der Waals surface area (Å²) in [6, 6.07) is 17.8. The molecule has 3 aromatic rings. The molecule has 0 bridgehead atoms. The Balaban J connectivity index is 2.15. The molecule has 0 aliphatic carbocycles. The van der Waals surface area contributed by atoms with Crippen LogP contribution >= 0.6 is 11.6 Å². The molecule has 0 N–H and O–H groups in total. The fourth-order valence-electron chi connectivity index (χ4n) is 2.52. The van der Waals surface area contributed by atoms with Crippen molar-refractivity contribution in [2.75, 3.05) is 23.9 Å². The minimum absolute atomic E-state index is 0.0250. The van der Waals surface area contributed by atoms with E-state index in [1.165, 1.54) is 9.80 Å². The zero-order valence-corrected chi connectivity index (χ0v) is 15.3. The summed E-state index contributed by atoms with van der Waals surface area (Å²) < 4.78 is 40.6. The van der Waals surface area contributed by atoms with Crippen LogP contribution in [0.5, 0.6) is 0 Å². The number of aromatic nitrogens is 2. The maximum Gasteiger partial charge on any atom is 0.435 e. The van der Waals surface area contributed by atoms with E-state index in [4.69, 9.17) is 11.6 Å². The number of para-hydroxylation sites is 2. The lowest BCUT2D eigenvalue weighted by atomic mass is 10.3. The van der Waals surface area contributed by atoms with E-state index in [1.54, 1.807) is 62.6 Å². The summed E-state index contributed by atoms with van der Waals surface area (Å²) in [6.07, 6.45) is -4.71. The molecule has 4 nitrogen and oxygen atoms in total. The van der Waals surface area contributed by atoms with Crippen molar-refractivity contribution in [1.82, 2.24) is 9.97 Å². The second kappa shape index (κ2) is 7.44. The van der Waals surface area contributed by atoms with Crippen molar-refractivity contribution >= 4 is 34.7 Å². The number of nitrogens with zero attached hydrogens (tertiary/aromatic N) is 4. The smallest absolute Gasteiger partial charge is 0.328 e. The number of rotatable bonds is 4. The van der Waals surface area contributed by atoms with Gasteiger partial charge in [-0.3, -0.25) is 0 Å². The Hall–Kier alpha value is -2.80. The van der Waals surface area contributed by atoms with Crippen LogP contribution in [0.25, 0.3) is 0 Å². The van der Waals surface area contributed by atoms with E-state index in [2.05, 4.69) is 9.97 Å². The quantitative estimate of drug-likeness (QED) is 0.571. The average molecular weight is 393 g/mol. The molecular weight excluding hydrogens is 377 g/mol. The minimum atomic E-state index is -4.71. The van der Waals surface area contributed by atoms with E-state index < -0.39 is 16.9 Å². The first-order valence-corrected chi connectivity index (χ1v) is 8.39. The van der Waals surface area contributed by atoms with Gasteiger partial charge in [-0.25, -0.2) is 4.98 Å². The first-order chi connectivity index (χ1) is 12.8. The second-order valence-electron chi connectivity index (χ2n) is 5.80. The van der Waals surface area contributed by atoms with Gasteiger partial charge in [0.2, 0.25) is 5.95 Å². The average Bonchev–Trinajstić information content (AvgIpc) is 2.67. The third kappa shape index (κ3) is 3.98. The predicted octanol–water partition coefficient (Wildman–Crippen LogP) is 5.68. The number of benzene rings is 2. The third-order valence-electron chi connectivity index (χ3n) is 4.00. The summed E-state index contributed by atoms with van der Waals surface area (Å²) in [5.74, 6) is -0.126. The molecule has 0 saturated carbocycles. The van der Waals surface area contributed by atoms with Gasteiger partial charge in [0.1, 0.15) is 5.02 Å². The number of alkyl halides is 3. The van der Waals surface area contributed by atoms with Crippen LogP contribution in [0.1, 0.15) is 5.69 Å². The van der Waals surface area contributed by atoms with E-state index in [-0.39, 0.29) is 11.8 Å². The molecular formula is C19H16ClF3N4. The molecule has 0 saturated heterocycles. The summed E-state index contributed by atoms with van der Waals surface area (Å²) in [5, 5.41) is -0.543. The van der Waals surface area contributed by atoms with Crippen LogP contribution in [0.15, 0.2) is 60.7 Å². The standard InChI is InChI=1S/C19H16ClF3N4/c1-26(13-9-5-3-6-10-13)17-15(20)16(19(21,22)23)24-18(25-17)27(2)14-11-7-4-8-12-14/h3-12H,1-2H3. The van der Waals surface area contributed by atoms with Gasteiger partial charge >= 0.3 is 6.18 Å². The normalized spacial score (nSPS) is 11.3. The van der Waals surface area contributed by atoms with E-state index in [0.717, 1.165) is 0 Å². The van der Waals surface area contributed by atoms with E-state index in [1.807, 2.05) is 12.1 Å². The van der Waals surface area contributed by atoms with Crippen LogP contribution in [-0.4, -0.2) is 24.1 Å². The highest BCUT2D eigenvalue weighted by atomic mass is 35.5. The van der Waals surface area contributed by atoms with Crippen molar-refractivity contribution in [3.8, 4) is 0 Å². The molecule has 0 radical (unpaired) electrons. The van der Waals surface area contributed by atoms with E-state index in [0.29, 0.717) is 11.4 Å². The van der Waals surface area contributed by atoms with Crippen LogP contribution in [-0.2, 0) is 6.18 Å². The van der Waals surface area contributed by atoms with Crippen molar-refractivity contribution in [1.29, 1.82) is 0 Å². The first kappa shape index (κ1) is 19.0. The molecule has 0 spiro atoms. The van der Waals surface area contributed by atoms with Crippen molar-refractivity contribution in [2.45, 2.75) is 6.18 Å². The van der Waals surface area contributed by atoms with Gasteiger partial charge in [-0.2, -0.15) is 18.2 Å². The molecule has 8 heteroatoms. The van der Waals surface area contributed by atoms with Crippen LogP contribution in [0, 0.1) is 0 Å². The molecule has 1 aromatic heterocycles. The van der Waals surface area contributed by atoms with Crippen LogP contribution in [0.3, 0.4) is 0 Å². The van der Waals surface area contributed by atoms with E-state index >= 15 is 0 Å². The summed E-state index contributed by atoms with van der Waals surface area (Å²) in [4.78, 5) is 11.0. The Morgan fingerprint density at radius 3 is 1.74 bits per heavy atom. The number of anilines is 4. The maximum absolute atomic E-state index is 13.5. The molecule has 0 unspecified atom stereocenters. The molecule has 0 atom stereocenters. The van der Waals surface area contributed by atoms with Gasteiger partial charge in [0.15, 0.2) is 11.5 Å². The van der Waals surface area contributed by atoms with Gasteiger partial charge in [-0.05, 0) is 24.3 Å². The lowest BCUT2D eigenvalue weighted by Gasteiger charge is -2.24. The molecule has 0 fully saturated rings. The van der Waals surface area contributed by atoms with Gasteiger partial charge in [-0.1, -0.05) is 48.0 Å². The molecule has 140 valence electrons. The van der Waals surface area contributed by atoms with Gasteiger partial charge in [-0.15, -0.1) is 0 Å². The highest BCUT2D eigenvalue weighted by Crippen LogP contribution is 2.40. The fraction of sp³-hybridized carbons (Fsp3) is 0.158. The van der Waals surface area contributed by atoms with Crippen molar-refractivity contribution < 1.29 is 13.2 Å². The molecule has 0 aliphatic rings. The second-order valence-corrected chi connectivity index (χ2v) is 6.17. The highest BCUT2D eigenvalue weighted by Gasteiger charge is 2.38. The van der Waals surface area contributed by atoms with Gasteiger partial charge in [0.05, 0.1) is 0 Å². The van der Waals surface area contributed by atoms with Gasteiger partial charge < -0.3 is 9.80 Å². The number of hydrogen-bond acceptors (Lipinski definition) is 4. The van der Waals surface area contributed by atoms with Crippen molar-refractivity contribution in [3.05, 3.63) is 71.4 Å². The number of halogens is 4.